The van der Waals surface area contributed by atoms with E-state index in [4.69, 9.17) is 9.47 Å². The van der Waals surface area contributed by atoms with Crippen LogP contribution in [0.4, 0.5) is 4.39 Å². The molecule has 0 saturated carbocycles. The molecule has 0 radical (unpaired) electrons. The van der Waals surface area contributed by atoms with E-state index in [0.29, 0.717) is 17.1 Å². The molecule has 7 nitrogen and oxygen atoms in total. The topological polar surface area (TPSA) is 85.3 Å². The van der Waals surface area contributed by atoms with Gasteiger partial charge in [-0.05, 0) is 59.8 Å². The first-order chi connectivity index (χ1) is 14.8. The summed E-state index contributed by atoms with van der Waals surface area (Å²) in [6, 6.07) is 9.44. The number of benzene rings is 2. The van der Waals surface area contributed by atoms with Gasteiger partial charge in [0, 0.05) is 6.54 Å². The van der Waals surface area contributed by atoms with Crippen molar-refractivity contribution in [3.05, 3.63) is 71.4 Å². The second kappa shape index (κ2) is 9.36. The zero-order valence-corrected chi connectivity index (χ0v) is 18.4. The third-order valence-corrected chi connectivity index (χ3v) is 6.62. The fraction of sp³-hybridized carbons (Fsp3) is 0.143. The Hall–Kier alpha value is -3.11. The number of carbonyl (C=O) groups is 1. The lowest BCUT2D eigenvalue weighted by molar-refractivity contribution is -0.121. The van der Waals surface area contributed by atoms with E-state index >= 15 is 0 Å². The van der Waals surface area contributed by atoms with E-state index in [9.17, 15) is 17.6 Å². The van der Waals surface area contributed by atoms with E-state index < -0.39 is 21.7 Å². The number of amidine groups is 1. The molecule has 1 aliphatic rings. The summed E-state index contributed by atoms with van der Waals surface area (Å²) in [5.41, 5.74) is 0.662. The molecule has 0 aromatic heterocycles. The van der Waals surface area contributed by atoms with E-state index in [1.807, 2.05) is 0 Å². The summed E-state index contributed by atoms with van der Waals surface area (Å²) >= 11 is 0.924. The number of methoxy groups -OCH3 is 2. The van der Waals surface area contributed by atoms with Crippen molar-refractivity contribution in [2.24, 2.45) is 4.40 Å². The van der Waals surface area contributed by atoms with Gasteiger partial charge in [0.05, 0.1) is 24.0 Å². The molecule has 2 aromatic carbocycles. The summed E-state index contributed by atoms with van der Waals surface area (Å²) in [7, 11) is -1.12. The maximum absolute atomic E-state index is 13.1. The summed E-state index contributed by atoms with van der Waals surface area (Å²) in [5.74, 6) is 0.0530. The second-order valence-corrected chi connectivity index (χ2v) is 8.85. The number of hydrogen-bond acceptors (Lipinski definition) is 6. The Kier molecular flexibility index (Phi) is 6.81. The molecule has 162 valence electrons. The summed E-state index contributed by atoms with van der Waals surface area (Å²) in [6.07, 6.45) is 3.08. The molecule has 31 heavy (non-hydrogen) atoms. The summed E-state index contributed by atoms with van der Waals surface area (Å²) in [4.78, 5) is 14.2. The number of amides is 1. The molecule has 3 rings (SSSR count). The van der Waals surface area contributed by atoms with E-state index in [2.05, 4.69) is 11.0 Å². The maximum Gasteiger partial charge on any atom is 0.284 e. The SMILES string of the molecule is C=CCN1C(=O)/C(=C/c2ccc(OC)c(OC)c2)S/C1=N\S(=O)(=O)c1ccc(F)cc1. The first kappa shape index (κ1) is 22.6. The lowest BCUT2D eigenvalue weighted by atomic mass is 10.2. The third-order valence-electron chi connectivity index (χ3n) is 4.21. The first-order valence-corrected chi connectivity index (χ1v) is 11.2. The molecular formula is C21H19FN2O5S2. The lowest BCUT2D eigenvalue weighted by Gasteiger charge is -2.12. The van der Waals surface area contributed by atoms with Gasteiger partial charge in [-0.15, -0.1) is 11.0 Å². The van der Waals surface area contributed by atoms with E-state index in [1.54, 1.807) is 24.3 Å². The summed E-state index contributed by atoms with van der Waals surface area (Å²) in [6.45, 7) is 3.69. The highest BCUT2D eigenvalue weighted by molar-refractivity contribution is 8.19. The van der Waals surface area contributed by atoms with Crippen molar-refractivity contribution in [3.63, 3.8) is 0 Å². The largest absolute Gasteiger partial charge is 0.493 e. The summed E-state index contributed by atoms with van der Waals surface area (Å²) < 4.78 is 52.7. The Morgan fingerprint density at radius 2 is 1.81 bits per heavy atom. The van der Waals surface area contributed by atoms with Crippen LogP contribution < -0.4 is 9.47 Å². The third kappa shape index (κ3) is 4.97. The number of nitrogens with zero attached hydrogens (tertiary/aromatic N) is 2. The van der Waals surface area contributed by atoms with Gasteiger partial charge in [0.15, 0.2) is 16.7 Å². The summed E-state index contributed by atoms with van der Waals surface area (Å²) in [5, 5.41) is -0.0130. The molecule has 10 heteroatoms. The molecule has 1 aliphatic heterocycles. The Morgan fingerprint density at radius 1 is 1.13 bits per heavy atom. The number of ether oxygens (including phenoxy) is 2. The highest BCUT2D eigenvalue weighted by Crippen LogP contribution is 2.35. The number of carbonyl (C=O) groups excluding carboxylic acids is 1. The van der Waals surface area contributed by atoms with Crippen LogP contribution in [0, 0.1) is 5.82 Å². The highest BCUT2D eigenvalue weighted by atomic mass is 32.2. The predicted octanol–water partition coefficient (Wildman–Crippen LogP) is 3.69. The van der Waals surface area contributed by atoms with Crippen LogP contribution in [0.15, 0.2) is 69.3 Å². The Bertz CT molecular complexity index is 1170. The van der Waals surface area contributed by atoms with Gasteiger partial charge in [-0.2, -0.15) is 8.42 Å². The van der Waals surface area contributed by atoms with Crippen LogP contribution in [0.3, 0.4) is 0 Å². The van der Waals surface area contributed by atoms with Gasteiger partial charge in [0.25, 0.3) is 15.9 Å². The highest BCUT2D eigenvalue weighted by Gasteiger charge is 2.34. The molecule has 1 amide bonds. The van der Waals surface area contributed by atoms with Crippen molar-refractivity contribution in [2.75, 3.05) is 20.8 Å². The zero-order valence-electron chi connectivity index (χ0n) is 16.7. The number of sulfonamides is 1. The zero-order chi connectivity index (χ0) is 22.6. The molecule has 0 bridgehead atoms. The molecule has 1 fully saturated rings. The van der Waals surface area contributed by atoms with Crippen LogP contribution in [0.25, 0.3) is 6.08 Å². The average molecular weight is 463 g/mol. The van der Waals surface area contributed by atoms with Crippen molar-refractivity contribution in [1.82, 2.24) is 4.90 Å². The Morgan fingerprint density at radius 3 is 2.42 bits per heavy atom. The van der Waals surface area contributed by atoms with E-state index in [-0.39, 0.29) is 21.5 Å². The molecular weight excluding hydrogens is 443 g/mol. The number of hydrogen-bond donors (Lipinski definition) is 0. The van der Waals surface area contributed by atoms with Crippen molar-refractivity contribution < 1.29 is 27.1 Å². The quantitative estimate of drug-likeness (QED) is 0.461. The molecule has 0 spiro atoms. The number of thioether (sulfide) groups is 1. The second-order valence-electron chi connectivity index (χ2n) is 6.23. The first-order valence-electron chi connectivity index (χ1n) is 8.94. The van der Waals surface area contributed by atoms with E-state index in [1.165, 1.54) is 25.2 Å². The fourth-order valence-corrected chi connectivity index (χ4v) is 4.91. The van der Waals surface area contributed by atoms with Crippen LogP contribution >= 0.6 is 11.8 Å². The molecule has 0 unspecified atom stereocenters. The maximum atomic E-state index is 13.1. The Labute approximate surface area is 183 Å². The number of rotatable bonds is 7. The van der Waals surface area contributed by atoms with E-state index in [0.717, 1.165) is 36.0 Å². The molecule has 2 aromatic rings. The van der Waals surface area contributed by atoms with Gasteiger partial charge in [-0.3, -0.25) is 9.69 Å². The Balaban J connectivity index is 1.99. The minimum Gasteiger partial charge on any atom is -0.493 e. The van der Waals surface area contributed by atoms with Crippen LogP contribution in [0.1, 0.15) is 5.56 Å². The monoisotopic (exact) mass is 462 g/mol. The average Bonchev–Trinajstić information content (AvgIpc) is 3.02. The predicted molar refractivity (Wildman–Crippen MR) is 118 cm³/mol. The van der Waals surface area contributed by atoms with Gasteiger partial charge in [0.2, 0.25) is 0 Å². The van der Waals surface area contributed by atoms with Crippen LogP contribution in [-0.2, 0) is 14.8 Å². The fourth-order valence-electron chi connectivity index (χ4n) is 2.72. The lowest BCUT2D eigenvalue weighted by Crippen LogP contribution is -2.29. The van der Waals surface area contributed by atoms with Crippen molar-refractivity contribution in [2.45, 2.75) is 4.90 Å². The molecule has 0 aliphatic carbocycles. The molecule has 1 saturated heterocycles. The van der Waals surface area contributed by atoms with Crippen LogP contribution in [-0.4, -0.2) is 45.2 Å². The van der Waals surface area contributed by atoms with Crippen LogP contribution in [0.2, 0.25) is 0 Å². The van der Waals surface area contributed by atoms with Gasteiger partial charge in [-0.1, -0.05) is 12.1 Å². The van der Waals surface area contributed by atoms with Crippen molar-refractivity contribution in [1.29, 1.82) is 0 Å². The minimum atomic E-state index is -4.14. The smallest absolute Gasteiger partial charge is 0.284 e. The normalized spacial score (nSPS) is 16.7. The number of halogens is 1. The molecule has 1 heterocycles. The standard InChI is InChI=1S/C21H19FN2O5S2/c1-4-11-24-20(25)19(13-14-5-10-17(28-2)18(12-14)29-3)30-21(24)23-31(26,27)16-8-6-15(22)7-9-16/h4-10,12-13H,1,11H2,2-3H3/b19-13-,23-21-. The van der Waals surface area contributed by atoms with Crippen LogP contribution in [0.5, 0.6) is 11.5 Å². The van der Waals surface area contributed by atoms with Gasteiger partial charge < -0.3 is 9.47 Å². The molecule has 0 atom stereocenters. The van der Waals surface area contributed by atoms with Gasteiger partial charge in [0.1, 0.15) is 5.82 Å². The van der Waals surface area contributed by atoms with Crippen molar-refractivity contribution in [3.8, 4) is 11.5 Å². The van der Waals surface area contributed by atoms with Gasteiger partial charge in [-0.25, -0.2) is 4.39 Å². The van der Waals surface area contributed by atoms with Crippen molar-refractivity contribution >= 4 is 38.9 Å². The van der Waals surface area contributed by atoms with Gasteiger partial charge >= 0.3 is 0 Å². The molecule has 0 N–H and O–H groups in total. The minimum absolute atomic E-state index is 0.0130.